The van der Waals surface area contributed by atoms with Gasteiger partial charge in [-0.25, -0.2) is 0 Å². The molecule has 1 N–H and O–H groups in total. The van der Waals surface area contributed by atoms with Gasteiger partial charge in [0, 0.05) is 29.3 Å². The van der Waals surface area contributed by atoms with Gasteiger partial charge in [0.2, 0.25) is 0 Å². The standard InChI is InChI=1S/C17H18Cl2N2S/c1-3-12-4-6-13(7-5-12)11-21(2)17(22)20-16-9-14(18)8-15(19)10-16/h4-10H,3,11H2,1-2H3,(H,20,22). The average molecular weight is 353 g/mol. The van der Waals surface area contributed by atoms with Crippen LogP contribution in [0.15, 0.2) is 42.5 Å². The van der Waals surface area contributed by atoms with Crippen LogP contribution < -0.4 is 5.32 Å². The van der Waals surface area contributed by atoms with Crippen molar-refractivity contribution in [3.63, 3.8) is 0 Å². The molecular formula is C17H18Cl2N2S. The summed E-state index contributed by atoms with van der Waals surface area (Å²) in [6.45, 7) is 2.89. The molecule has 0 saturated carbocycles. The molecule has 0 unspecified atom stereocenters. The second kappa shape index (κ2) is 7.82. The summed E-state index contributed by atoms with van der Waals surface area (Å²) in [5.74, 6) is 0. The van der Waals surface area contributed by atoms with E-state index in [4.69, 9.17) is 35.4 Å². The Labute approximate surface area is 147 Å². The second-order valence-electron chi connectivity index (χ2n) is 5.11. The first-order valence-electron chi connectivity index (χ1n) is 7.04. The minimum Gasteiger partial charge on any atom is -0.348 e. The second-order valence-corrected chi connectivity index (χ2v) is 6.37. The van der Waals surface area contributed by atoms with E-state index in [1.54, 1.807) is 18.2 Å². The topological polar surface area (TPSA) is 15.3 Å². The molecule has 0 aliphatic rings. The Bertz CT molecular complexity index is 636. The molecule has 5 heteroatoms. The maximum Gasteiger partial charge on any atom is 0.173 e. The molecule has 2 nitrogen and oxygen atoms in total. The van der Waals surface area contributed by atoms with E-state index in [9.17, 15) is 0 Å². The Balaban J connectivity index is 1.99. The zero-order valence-corrected chi connectivity index (χ0v) is 14.9. The van der Waals surface area contributed by atoms with Gasteiger partial charge in [-0.2, -0.15) is 0 Å². The number of halogens is 2. The lowest BCUT2D eigenvalue weighted by Crippen LogP contribution is -2.30. The Morgan fingerprint density at radius 2 is 1.59 bits per heavy atom. The van der Waals surface area contributed by atoms with Gasteiger partial charge in [-0.05, 0) is 48.0 Å². The third-order valence-electron chi connectivity index (χ3n) is 3.31. The monoisotopic (exact) mass is 352 g/mol. The van der Waals surface area contributed by atoms with Gasteiger partial charge < -0.3 is 10.2 Å². The van der Waals surface area contributed by atoms with Gasteiger partial charge in [0.1, 0.15) is 0 Å². The van der Waals surface area contributed by atoms with Gasteiger partial charge in [-0.1, -0.05) is 54.4 Å². The van der Waals surface area contributed by atoms with Crippen LogP contribution in [0.25, 0.3) is 0 Å². The minimum atomic E-state index is 0.579. The summed E-state index contributed by atoms with van der Waals surface area (Å²) in [5, 5.41) is 4.94. The molecule has 2 aromatic carbocycles. The third kappa shape index (κ3) is 4.87. The number of thiocarbonyl (C=S) groups is 1. The number of nitrogens with zero attached hydrogens (tertiary/aromatic N) is 1. The first-order chi connectivity index (χ1) is 10.5. The highest BCUT2D eigenvalue weighted by Crippen LogP contribution is 2.22. The quantitative estimate of drug-likeness (QED) is 0.743. The Kier molecular flexibility index (Phi) is 6.07. The summed E-state index contributed by atoms with van der Waals surface area (Å²) in [7, 11) is 1.95. The highest BCUT2D eigenvalue weighted by atomic mass is 35.5. The Morgan fingerprint density at radius 1 is 1.05 bits per heavy atom. The molecule has 0 heterocycles. The molecule has 22 heavy (non-hydrogen) atoms. The fraction of sp³-hybridized carbons (Fsp3) is 0.235. The number of rotatable bonds is 4. The lowest BCUT2D eigenvalue weighted by Gasteiger charge is -2.21. The fourth-order valence-electron chi connectivity index (χ4n) is 2.07. The highest BCUT2D eigenvalue weighted by Gasteiger charge is 2.07. The highest BCUT2D eigenvalue weighted by molar-refractivity contribution is 7.80. The van der Waals surface area contributed by atoms with Gasteiger partial charge in [0.15, 0.2) is 5.11 Å². The average Bonchev–Trinajstić information content (AvgIpc) is 2.46. The van der Waals surface area contributed by atoms with Crippen molar-refractivity contribution < 1.29 is 0 Å². The summed E-state index contributed by atoms with van der Waals surface area (Å²) >= 11 is 17.4. The zero-order chi connectivity index (χ0) is 16.1. The van der Waals surface area contributed by atoms with Crippen LogP contribution in [0.1, 0.15) is 18.1 Å². The lowest BCUT2D eigenvalue weighted by atomic mass is 10.1. The van der Waals surface area contributed by atoms with Crippen molar-refractivity contribution in [2.45, 2.75) is 19.9 Å². The van der Waals surface area contributed by atoms with Crippen LogP contribution in [0.5, 0.6) is 0 Å². The summed E-state index contributed by atoms with van der Waals surface area (Å²) in [5.41, 5.74) is 3.34. The van der Waals surface area contributed by atoms with Gasteiger partial charge in [-0.15, -0.1) is 0 Å². The van der Waals surface area contributed by atoms with E-state index in [1.165, 1.54) is 11.1 Å². The maximum absolute atomic E-state index is 5.99. The molecule has 2 aromatic rings. The summed E-state index contributed by atoms with van der Waals surface area (Å²) in [6.07, 6.45) is 1.05. The molecule has 0 radical (unpaired) electrons. The van der Waals surface area contributed by atoms with E-state index in [1.807, 2.05) is 11.9 Å². The minimum absolute atomic E-state index is 0.579. The van der Waals surface area contributed by atoms with Crippen LogP contribution in [0.2, 0.25) is 10.0 Å². The normalized spacial score (nSPS) is 10.4. The molecule has 0 spiro atoms. The fourth-order valence-corrected chi connectivity index (χ4v) is 2.78. The molecule has 0 saturated heterocycles. The molecule has 0 bridgehead atoms. The summed E-state index contributed by atoms with van der Waals surface area (Å²) in [6, 6.07) is 13.8. The smallest absolute Gasteiger partial charge is 0.173 e. The number of benzene rings is 2. The number of hydrogen-bond acceptors (Lipinski definition) is 1. The number of anilines is 1. The molecule has 0 fully saturated rings. The van der Waals surface area contributed by atoms with Crippen molar-refractivity contribution in [1.82, 2.24) is 4.90 Å². The van der Waals surface area contributed by atoms with E-state index in [0.29, 0.717) is 15.2 Å². The lowest BCUT2D eigenvalue weighted by molar-refractivity contribution is 0.508. The number of nitrogens with one attached hydrogen (secondary N) is 1. The molecule has 0 aromatic heterocycles. The van der Waals surface area contributed by atoms with Crippen LogP contribution in [0.3, 0.4) is 0 Å². The van der Waals surface area contributed by atoms with Crippen LogP contribution in [0.4, 0.5) is 5.69 Å². The molecule has 2 rings (SSSR count). The zero-order valence-electron chi connectivity index (χ0n) is 12.6. The van der Waals surface area contributed by atoms with Crippen molar-refractivity contribution in [1.29, 1.82) is 0 Å². The van der Waals surface area contributed by atoms with Crippen molar-refractivity contribution in [3.8, 4) is 0 Å². The van der Waals surface area contributed by atoms with Crippen LogP contribution in [0, 0.1) is 0 Å². The summed E-state index contributed by atoms with van der Waals surface area (Å²) in [4.78, 5) is 1.98. The SMILES string of the molecule is CCc1ccc(CN(C)C(=S)Nc2cc(Cl)cc(Cl)c2)cc1. The van der Waals surface area contributed by atoms with E-state index in [2.05, 4.69) is 36.5 Å². The number of hydrogen-bond donors (Lipinski definition) is 1. The van der Waals surface area contributed by atoms with E-state index in [0.717, 1.165) is 18.7 Å². The summed E-state index contributed by atoms with van der Waals surface area (Å²) < 4.78 is 0. The third-order valence-corrected chi connectivity index (χ3v) is 4.16. The molecule has 116 valence electrons. The molecule has 0 atom stereocenters. The maximum atomic E-state index is 5.99. The largest absolute Gasteiger partial charge is 0.348 e. The Hall–Kier alpha value is -1.29. The first-order valence-corrected chi connectivity index (χ1v) is 8.20. The first kappa shape index (κ1) is 17.1. The van der Waals surface area contributed by atoms with Gasteiger partial charge in [0.05, 0.1) is 0 Å². The van der Waals surface area contributed by atoms with Crippen LogP contribution in [-0.2, 0) is 13.0 Å². The molecular weight excluding hydrogens is 335 g/mol. The van der Waals surface area contributed by atoms with Gasteiger partial charge in [-0.3, -0.25) is 0 Å². The Morgan fingerprint density at radius 3 is 2.14 bits per heavy atom. The predicted octanol–water partition coefficient (Wildman–Crippen LogP) is 5.38. The van der Waals surface area contributed by atoms with Crippen molar-refractivity contribution in [2.24, 2.45) is 0 Å². The van der Waals surface area contributed by atoms with Crippen molar-refractivity contribution in [3.05, 3.63) is 63.6 Å². The van der Waals surface area contributed by atoms with Crippen LogP contribution in [-0.4, -0.2) is 17.1 Å². The predicted molar refractivity (Wildman–Crippen MR) is 100.0 cm³/mol. The molecule has 0 aliphatic carbocycles. The molecule has 0 aliphatic heterocycles. The van der Waals surface area contributed by atoms with Crippen molar-refractivity contribution >= 4 is 46.2 Å². The van der Waals surface area contributed by atoms with Crippen LogP contribution >= 0.6 is 35.4 Å². The number of aryl methyl sites for hydroxylation is 1. The van der Waals surface area contributed by atoms with E-state index in [-0.39, 0.29) is 0 Å². The van der Waals surface area contributed by atoms with E-state index < -0.39 is 0 Å². The van der Waals surface area contributed by atoms with E-state index >= 15 is 0 Å². The van der Waals surface area contributed by atoms with Gasteiger partial charge in [0.25, 0.3) is 0 Å². The molecule has 0 amide bonds. The van der Waals surface area contributed by atoms with Gasteiger partial charge >= 0.3 is 0 Å². The van der Waals surface area contributed by atoms with Crippen molar-refractivity contribution in [2.75, 3.05) is 12.4 Å².